The van der Waals surface area contributed by atoms with Gasteiger partial charge < -0.3 is 0 Å². The molecule has 2 rings (SSSR count). The minimum absolute atomic E-state index is 0.282. The first-order valence-corrected chi connectivity index (χ1v) is 6.92. The standard InChI is InChI=1S/C10H12N4O3S/c15-18(16,17)7-3-6-14-8-10(12-13-14)9-4-1-2-5-11-9/h1-2,4-5,8H,3,6-7H2,(H,15,16,17). The lowest BCUT2D eigenvalue weighted by Gasteiger charge is -1.98. The van der Waals surface area contributed by atoms with Crippen molar-refractivity contribution in [2.75, 3.05) is 5.75 Å². The van der Waals surface area contributed by atoms with Crippen LogP contribution in [0.15, 0.2) is 30.6 Å². The molecule has 2 aromatic rings. The maximum atomic E-state index is 10.5. The maximum absolute atomic E-state index is 10.5. The first-order valence-electron chi connectivity index (χ1n) is 5.31. The van der Waals surface area contributed by atoms with Crippen LogP contribution in [0.25, 0.3) is 11.4 Å². The molecule has 0 spiro atoms. The minimum Gasteiger partial charge on any atom is -0.286 e. The van der Waals surface area contributed by atoms with Gasteiger partial charge in [0.05, 0.1) is 17.6 Å². The zero-order valence-corrected chi connectivity index (χ0v) is 10.3. The van der Waals surface area contributed by atoms with Gasteiger partial charge in [0.25, 0.3) is 10.1 Å². The highest BCUT2D eigenvalue weighted by Gasteiger charge is 2.07. The lowest BCUT2D eigenvalue weighted by atomic mass is 10.3. The van der Waals surface area contributed by atoms with Gasteiger partial charge in [-0.25, -0.2) is 0 Å². The lowest BCUT2D eigenvalue weighted by Crippen LogP contribution is -2.08. The second-order valence-corrected chi connectivity index (χ2v) is 5.29. The Hall–Kier alpha value is -1.80. The number of pyridine rings is 1. The SMILES string of the molecule is O=S(=O)(O)CCCn1cc(-c2ccccn2)nn1. The maximum Gasteiger partial charge on any atom is 0.264 e. The Morgan fingerprint density at radius 1 is 1.28 bits per heavy atom. The first-order chi connectivity index (χ1) is 8.54. The number of nitrogens with zero attached hydrogens (tertiary/aromatic N) is 4. The Balaban J connectivity index is 1.99. The van der Waals surface area contributed by atoms with Gasteiger partial charge in [-0.1, -0.05) is 11.3 Å². The summed E-state index contributed by atoms with van der Waals surface area (Å²) in [7, 11) is -3.91. The molecule has 0 unspecified atom stereocenters. The predicted octanol–water partition coefficient (Wildman–Crippen LogP) is 0.618. The van der Waals surface area contributed by atoms with Crippen molar-refractivity contribution in [2.24, 2.45) is 0 Å². The molecule has 18 heavy (non-hydrogen) atoms. The van der Waals surface area contributed by atoms with Gasteiger partial charge in [-0.3, -0.25) is 14.2 Å². The topological polar surface area (TPSA) is 98.0 Å². The third kappa shape index (κ3) is 3.60. The summed E-state index contributed by atoms with van der Waals surface area (Å²) in [6, 6.07) is 5.46. The van der Waals surface area contributed by atoms with Crippen molar-refractivity contribution in [3.05, 3.63) is 30.6 Å². The highest BCUT2D eigenvalue weighted by atomic mass is 32.2. The summed E-state index contributed by atoms with van der Waals surface area (Å²) in [6.45, 7) is 0.375. The minimum atomic E-state index is -3.91. The van der Waals surface area contributed by atoms with E-state index in [-0.39, 0.29) is 12.2 Å². The molecule has 0 aliphatic heterocycles. The molecule has 0 radical (unpaired) electrons. The van der Waals surface area contributed by atoms with Crippen molar-refractivity contribution in [1.29, 1.82) is 0 Å². The molecule has 0 saturated carbocycles. The smallest absolute Gasteiger partial charge is 0.264 e. The molecular formula is C10H12N4O3S. The fourth-order valence-electron chi connectivity index (χ4n) is 1.45. The fraction of sp³-hybridized carbons (Fsp3) is 0.300. The molecule has 1 N–H and O–H groups in total. The highest BCUT2D eigenvalue weighted by molar-refractivity contribution is 7.85. The van der Waals surface area contributed by atoms with Crippen LogP contribution in [-0.2, 0) is 16.7 Å². The van der Waals surface area contributed by atoms with Gasteiger partial charge in [0, 0.05) is 12.7 Å². The van der Waals surface area contributed by atoms with Crippen molar-refractivity contribution in [1.82, 2.24) is 20.0 Å². The van der Waals surface area contributed by atoms with Gasteiger partial charge in [-0.15, -0.1) is 5.10 Å². The Morgan fingerprint density at radius 2 is 2.11 bits per heavy atom. The quantitative estimate of drug-likeness (QED) is 0.798. The largest absolute Gasteiger partial charge is 0.286 e. The molecular weight excluding hydrogens is 256 g/mol. The van der Waals surface area contributed by atoms with E-state index in [2.05, 4.69) is 15.3 Å². The first kappa shape index (κ1) is 12.7. The average molecular weight is 268 g/mol. The molecule has 2 heterocycles. The number of hydrogen-bond donors (Lipinski definition) is 1. The molecule has 2 aromatic heterocycles. The average Bonchev–Trinajstić information content (AvgIpc) is 2.77. The van der Waals surface area contributed by atoms with Gasteiger partial charge in [0.1, 0.15) is 5.69 Å². The molecule has 0 amide bonds. The Morgan fingerprint density at radius 3 is 2.78 bits per heavy atom. The van der Waals surface area contributed by atoms with E-state index in [0.717, 1.165) is 0 Å². The molecule has 0 atom stereocenters. The second-order valence-electron chi connectivity index (χ2n) is 3.72. The van der Waals surface area contributed by atoms with Crippen LogP contribution in [0.3, 0.4) is 0 Å². The molecule has 8 heteroatoms. The van der Waals surface area contributed by atoms with E-state index in [1.54, 1.807) is 18.5 Å². The van der Waals surface area contributed by atoms with Crippen LogP contribution in [0, 0.1) is 0 Å². The van der Waals surface area contributed by atoms with Crippen LogP contribution in [0.1, 0.15) is 6.42 Å². The van der Waals surface area contributed by atoms with E-state index < -0.39 is 10.1 Å². The van der Waals surface area contributed by atoms with E-state index >= 15 is 0 Å². The normalized spacial score (nSPS) is 11.6. The third-order valence-corrected chi connectivity index (χ3v) is 3.06. The summed E-state index contributed by atoms with van der Waals surface area (Å²) in [5, 5.41) is 7.80. The molecule has 0 aromatic carbocycles. The predicted molar refractivity (Wildman–Crippen MR) is 64.3 cm³/mol. The van der Waals surface area contributed by atoms with Gasteiger partial charge >= 0.3 is 0 Å². The molecule has 0 saturated heterocycles. The van der Waals surface area contributed by atoms with Crippen molar-refractivity contribution < 1.29 is 13.0 Å². The summed E-state index contributed by atoms with van der Waals surface area (Å²) in [5.41, 5.74) is 1.33. The molecule has 0 bridgehead atoms. The fourth-order valence-corrected chi connectivity index (χ4v) is 1.94. The van der Waals surface area contributed by atoms with Crippen molar-refractivity contribution in [2.45, 2.75) is 13.0 Å². The van der Waals surface area contributed by atoms with Gasteiger partial charge in [-0.2, -0.15) is 8.42 Å². The zero-order chi connectivity index (χ0) is 13.0. The third-order valence-electron chi connectivity index (χ3n) is 2.26. The molecule has 96 valence electrons. The van der Waals surface area contributed by atoms with E-state index in [9.17, 15) is 8.42 Å². The molecule has 0 fully saturated rings. The van der Waals surface area contributed by atoms with Crippen LogP contribution in [-0.4, -0.2) is 38.7 Å². The van der Waals surface area contributed by atoms with Crippen molar-refractivity contribution >= 4 is 10.1 Å². The monoisotopic (exact) mass is 268 g/mol. The Labute approximate surface area is 104 Å². The van der Waals surface area contributed by atoms with Crippen LogP contribution in [0.4, 0.5) is 0 Å². The summed E-state index contributed by atoms with van der Waals surface area (Å²) >= 11 is 0. The van der Waals surface area contributed by atoms with E-state index in [0.29, 0.717) is 17.9 Å². The number of aryl methyl sites for hydroxylation is 1. The van der Waals surface area contributed by atoms with Crippen LogP contribution in [0.5, 0.6) is 0 Å². The molecule has 0 aliphatic carbocycles. The Kier molecular flexibility index (Phi) is 3.68. The number of aromatic nitrogens is 4. The van der Waals surface area contributed by atoms with E-state index in [1.165, 1.54) is 4.68 Å². The summed E-state index contributed by atoms with van der Waals surface area (Å²) in [4.78, 5) is 4.13. The molecule has 0 aliphatic rings. The van der Waals surface area contributed by atoms with Gasteiger partial charge in [0.15, 0.2) is 0 Å². The van der Waals surface area contributed by atoms with Gasteiger partial charge in [0.2, 0.25) is 0 Å². The zero-order valence-electron chi connectivity index (χ0n) is 9.47. The highest BCUT2D eigenvalue weighted by Crippen LogP contribution is 2.11. The van der Waals surface area contributed by atoms with Crippen LogP contribution >= 0.6 is 0 Å². The van der Waals surface area contributed by atoms with Crippen molar-refractivity contribution in [3.63, 3.8) is 0 Å². The van der Waals surface area contributed by atoms with Crippen molar-refractivity contribution in [3.8, 4) is 11.4 Å². The number of hydrogen-bond acceptors (Lipinski definition) is 5. The van der Waals surface area contributed by atoms with Crippen LogP contribution < -0.4 is 0 Å². The van der Waals surface area contributed by atoms with Crippen LogP contribution in [0.2, 0.25) is 0 Å². The Bertz CT molecular complexity index is 609. The van der Waals surface area contributed by atoms with E-state index in [4.69, 9.17) is 4.55 Å². The lowest BCUT2D eigenvalue weighted by molar-refractivity contribution is 0.475. The summed E-state index contributed by atoms with van der Waals surface area (Å²) < 4.78 is 31.2. The van der Waals surface area contributed by atoms with Gasteiger partial charge in [-0.05, 0) is 18.6 Å². The van der Waals surface area contributed by atoms with E-state index in [1.807, 2.05) is 12.1 Å². The number of rotatable bonds is 5. The second kappa shape index (κ2) is 5.23. The summed E-state index contributed by atoms with van der Waals surface area (Å²) in [5.74, 6) is -0.286. The molecule has 7 nitrogen and oxygen atoms in total. The summed E-state index contributed by atoms with van der Waals surface area (Å²) in [6.07, 6.45) is 3.63.